The first-order chi connectivity index (χ1) is 8.25. The SMILES string of the molecule is COC(=O)Cc1ccc(C(F)(F)F)c([N+](=O)[O-])c1. The van der Waals surface area contributed by atoms with Crippen molar-refractivity contribution in [2.45, 2.75) is 12.6 Å². The Labute approximate surface area is 99.3 Å². The van der Waals surface area contributed by atoms with Crippen molar-refractivity contribution in [2.24, 2.45) is 0 Å². The molecule has 1 aromatic rings. The molecule has 0 saturated carbocycles. The lowest BCUT2D eigenvalue weighted by Gasteiger charge is -2.08. The van der Waals surface area contributed by atoms with Crippen LogP contribution in [0.4, 0.5) is 18.9 Å². The largest absolute Gasteiger partial charge is 0.469 e. The van der Waals surface area contributed by atoms with E-state index in [2.05, 4.69) is 4.74 Å². The number of nitro groups is 1. The second-order valence-electron chi connectivity index (χ2n) is 3.36. The third kappa shape index (κ3) is 3.19. The van der Waals surface area contributed by atoms with Crippen molar-refractivity contribution < 1.29 is 27.6 Å². The number of benzene rings is 1. The zero-order valence-corrected chi connectivity index (χ0v) is 9.15. The number of nitrogens with zero attached hydrogens (tertiary/aromatic N) is 1. The van der Waals surface area contributed by atoms with Crippen LogP contribution in [0, 0.1) is 10.1 Å². The summed E-state index contributed by atoms with van der Waals surface area (Å²) in [5.41, 5.74) is -2.34. The number of halogens is 3. The molecule has 0 heterocycles. The lowest BCUT2D eigenvalue weighted by atomic mass is 10.1. The number of carbonyl (C=O) groups is 1. The number of hydrogen-bond acceptors (Lipinski definition) is 4. The Morgan fingerprint density at radius 3 is 2.50 bits per heavy atom. The Kier molecular flexibility index (Phi) is 3.89. The second kappa shape index (κ2) is 5.03. The van der Waals surface area contributed by atoms with Crippen LogP contribution in [0.3, 0.4) is 0 Å². The van der Waals surface area contributed by atoms with E-state index in [1.807, 2.05) is 0 Å². The van der Waals surface area contributed by atoms with Gasteiger partial charge in [0.05, 0.1) is 18.5 Å². The maximum absolute atomic E-state index is 12.5. The molecular weight excluding hydrogens is 255 g/mol. The van der Waals surface area contributed by atoms with Gasteiger partial charge in [0.25, 0.3) is 5.69 Å². The van der Waals surface area contributed by atoms with Gasteiger partial charge in [-0.15, -0.1) is 0 Å². The Bertz CT molecular complexity index is 485. The summed E-state index contributed by atoms with van der Waals surface area (Å²) in [4.78, 5) is 20.4. The highest BCUT2D eigenvalue weighted by atomic mass is 19.4. The summed E-state index contributed by atoms with van der Waals surface area (Å²) >= 11 is 0. The average molecular weight is 263 g/mol. The first kappa shape index (κ1) is 13.9. The van der Waals surface area contributed by atoms with Gasteiger partial charge in [-0.05, 0) is 11.6 Å². The lowest BCUT2D eigenvalue weighted by Crippen LogP contribution is -2.10. The molecule has 0 saturated heterocycles. The van der Waals surface area contributed by atoms with Crippen LogP contribution in [0.25, 0.3) is 0 Å². The van der Waals surface area contributed by atoms with Gasteiger partial charge in [-0.2, -0.15) is 13.2 Å². The van der Waals surface area contributed by atoms with Crippen LogP contribution < -0.4 is 0 Å². The summed E-state index contributed by atoms with van der Waals surface area (Å²) in [6, 6.07) is 2.31. The third-order valence-electron chi connectivity index (χ3n) is 2.14. The predicted octanol–water partition coefficient (Wildman–Crippen LogP) is 2.33. The zero-order valence-electron chi connectivity index (χ0n) is 9.15. The molecule has 0 fully saturated rings. The van der Waals surface area contributed by atoms with Crippen LogP contribution in [0.5, 0.6) is 0 Å². The van der Waals surface area contributed by atoms with Gasteiger partial charge in [0.2, 0.25) is 0 Å². The summed E-state index contributed by atoms with van der Waals surface area (Å²) in [6.07, 6.45) is -5.14. The van der Waals surface area contributed by atoms with E-state index in [4.69, 9.17) is 0 Å². The Hall–Kier alpha value is -2.12. The smallest absolute Gasteiger partial charge is 0.422 e. The van der Waals surface area contributed by atoms with E-state index in [9.17, 15) is 28.1 Å². The first-order valence-corrected chi connectivity index (χ1v) is 4.67. The summed E-state index contributed by atoms with van der Waals surface area (Å²) in [6.45, 7) is 0. The minimum Gasteiger partial charge on any atom is -0.469 e. The molecule has 0 N–H and O–H groups in total. The normalized spacial score (nSPS) is 11.1. The van der Waals surface area contributed by atoms with E-state index in [1.165, 1.54) is 0 Å². The molecule has 0 atom stereocenters. The van der Waals surface area contributed by atoms with Crippen molar-refractivity contribution in [3.63, 3.8) is 0 Å². The maximum Gasteiger partial charge on any atom is 0.422 e. The van der Waals surface area contributed by atoms with E-state index >= 15 is 0 Å². The zero-order chi connectivity index (χ0) is 13.9. The van der Waals surface area contributed by atoms with E-state index < -0.39 is 28.3 Å². The number of alkyl halides is 3. The molecule has 0 unspecified atom stereocenters. The average Bonchev–Trinajstić information content (AvgIpc) is 2.27. The molecule has 0 aromatic heterocycles. The molecular formula is C10H8F3NO4. The molecule has 0 aliphatic rings. The highest BCUT2D eigenvalue weighted by molar-refractivity contribution is 5.72. The second-order valence-corrected chi connectivity index (χ2v) is 3.36. The highest BCUT2D eigenvalue weighted by Gasteiger charge is 2.38. The van der Waals surface area contributed by atoms with Crippen molar-refractivity contribution >= 4 is 11.7 Å². The monoisotopic (exact) mass is 263 g/mol. The van der Waals surface area contributed by atoms with Crippen molar-refractivity contribution in [1.82, 2.24) is 0 Å². The minimum absolute atomic E-state index is 0.0848. The van der Waals surface area contributed by atoms with Gasteiger partial charge in [-0.1, -0.05) is 6.07 Å². The Morgan fingerprint density at radius 2 is 2.06 bits per heavy atom. The molecule has 1 aromatic carbocycles. The molecule has 1 rings (SSSR count). The van der Waals surface area contributed by atoms with Crippen molar-refractivity contribution in [3.8, 4) is 0 Å². The molecule has 0 aliphatic carbocycles. The summed E-state index contributed by atoms with van der Waals surface area (Å²) in [7, 11) is 1.11. The number of methoxy groups -OCH3 is 1. The number of esters is 1. The van der Waals surface area contributed by atoms with E-state index in [-0.39, 0.29) is 12.0 Å². The van der Waals surface area contributed by atoms with E-state index in [0.717, 1.165) is 19.2 Å². The fourth-order valence-corrected chi connectivity index (χ4v) is 1.32. The number of nitro benzene ring substituents is 1. The highest BCUT2D eigenvalue weighted by Crippen LogP contribution is 2.36. The third-order valence-corrected chi connectivity index (χ3v) is 2.14. The molecule has 8 heteroatoms. The van der Waals surface area contributed by atoms with Crippen LogP contribution in [0.1, 0.15) is 11.1 Å². The van der Waals surface area contributed by atoms with Crippen LogP contribution in [0.15, 0.2) is 18.2 Å². The van der Waals surface area contributed by atoms with Gasteiger partial charge in [0.15, 0.2) is 0 Å². The van der Waals surface area contributed by atoms with Gasteiger partial charge >= 0.3 is 12.1 Å². The van der Waals surface area contributed by atoms with E-state index in [0.29, 0.717) is 6.07 Å². The van der Waals surface area contributed by atoms with Gasteiger partial charge < -0.3 is 4.74 Å². The molecule has 98 valence electrons. The quantitative estimate of drug-likeness (QED) is 0.476. The topological polar surface area (TPSA) is 69.4 Å². The molecule has 0 aliphatic heterocycles. The molecule has 0 radical (unpaired) electrons. The molecule has 0 spiro atoms. The summed E-state index contributed by atoms with van der Waals surface area (Å²) in [5, 5.41) is 10.6. The Balaban J connectivity index is 3.20. The van der Waals surface area contributed by atoms with Gasteiger partial charge in [-0.3, -0.25) is 14.9 Å². The van der Waals surface area contributed by atoms with Crippen LogP contribution in [-0.4, -0.2) is 18.0 Å². The van der Waals surface area contributed by atoms with E-state index in [1.54, 1.807) is 0 Å². The number of carbonyl (C=O) groups excluding carboxylic acids is 1. The summed E-state index contributed by atoms with van der Waals surface area (Å²) in [5.74, 6) is -0.691. The van der Waals surface area contributed by atoms with Crippen molar-refractivity contribution in [3.05, 3.63) is 39.4 Å². The molecule has 18 heavy (non-hydrogen) atoms. The minimum atomic E-state index is -4.81. The fourth-order valence-electron chi connectivity index (χ4n) is 1.32. The van der Waals surface area contributed by atoms with Crippen LogP contribution in [0.2, 0.25) is 0 Å². The predicted molar refractivity (Wildman–Crippen MR) is 53.8 cm³/mol. The lowest BCUT2D eigenvalue weighted by molar-refractivity contribution is -0.388. The molecule has 0 bridgehead atoms. The first-order valence-electron chi connectivity index (χ1n) is 4.67. The molecule has 5 nitrogen and oxygen atoms in total. The number of ether oxygens (including phenoxy) is 1. The fraction of sp³-hybridized carbons (Fsp3) is 0.300. The van der Waals surface area contributed by atoms with Gasteiger partial charge in [0.1, 0.15) is 5.56 Å². The van der Waals surface area contributed by atoms with Crippen molar-refractivity contribution in [2.75, 3.05) is 7.11 Å². The summed E-state index contributed by atoms with van der Waals surface area (Å²) < 4.78 is 41.7. The number of hydrogen-bond donors (Lipinski definition) is 0. The molecule has 0 amide bonds. The standard InChI is InChI=1S/C10H8F3NO4/c1-18-9(15)5-6-2-3-7(10(11,12)13)8(4-6)14(16)17/h2-4H,5H2,1H3. The van der Waals surface area contributed by atoms with Crippen LogP contribution in [-0.2, 0) is 22.1 Å². The van der Waals surface area contributed by atoms with Crippen LogP contribution >= 0.6 is 0 Å². The van der Waals surface area contributed by atoms with Gasteiger partial charge in [0, 0.05) is 6.07 Å². The van der Waals surface area contributed by atoms with Crippen molar-refractivity contribution in [1.29, 1.82) is 0 Å². The maximum atomic E-state index is 12.5. The van der Waals surface area contributed by atoms with Gasteiger partial charge in [-0.25, -0.2) is 0 Å². The Morgan fingerprint density at radius 1 is 1.44 bits per heavy atom. The number of rotatable bonds is 3.